The number of hydrogen-bond acceptors (Lipinski definition) is 4. The number of benzene rings is 3. The summed E-state index contributed by atoms with van der Waals surface area (Å²) in [4.78, 5) is 12.4. The van der Waals surface area contributed by atoms with Gasteiger partial charge in [0.1, 0.15) is 6.54 Å². The Bertz CT molecular complexity index is 710. The maximum absolute atomic E-state index is 12.4. The van der Waals surface area contributed by atoms with Gasteiger partial charge in [-0.3, -0.25) is 9.52 Å². The number of rotatable bonds is 6. The molecule has 4 heteroatoms. The van der Waals surface area contributed by atoms with Crippen molar-refractivity contribution in [3.63, 3.8) is 0 Å². The summed E-state index contributed by atoms with van der Waals surface area (Å²) >= 11 is 3.92. The van der Waals surface area contributed by atoms with Crippen molar-refractivity contribution < 1.29 is 9.53 Å². The number of carbonyl (C=O) groups excluding carboxylic acids is 1. The summed E-state index contributed by atoms with van der Waals surface area (Å²) in [7, 11) is 0. The van der Waals surface area contributed by atoms with Gasteiger partial charge in [-0.2, -0.15) is 0 Å². The Balaban J connectivity index is 2.26. The Labute approximate surface area is 153 Å². The zero-order valence-corrected chi connectivity index (χ0v) is 14.5. The maximum Gasteiger partial charge on any atom is 0.322 e. The van der Waals surface area contributed by atoms with Crippen molar-refractivity contribution in [3.8, 4) is 0 Å². The van der Waals surface area contributed by atoms with Gasteiger partial charge in [-0.15, -0.1) is 0 Å². The van der Waals surface area contributed by atoms with E-state index >= 15 is 0 Å². The van der Waals surface area contributed by atoms with E-state index in [0.29, 0.717) is 0 Å². The first-order valence-electron chi connectivity index (χ1n) is 8.03. The van der Waals surface area contributed by atoms with Gasteiger partial charge in [-0.1, -0.05) is 104 Å². The minimum atomic E-state index is -1.02. The first-order valence-corrected chi connectivity index (χ1v) is 8.47. The van der Waals surface area contributed by atoms with Crippen molar-refractivity contribution in [3.05, 3.63) is 108 Å². The highest BCUT2D eigenvalue weighted by Crippen LogP contribution is 2.40. The molecule has 3 nitrogen and oxygen atoms in total. The fraction of sp³-hybridized carbons (Fsp3) is 0.0952. The van der Waals surface area contributed by atoms with Crippen molar-refractivity contribution in [1.82, 2.24) is 4.72 Å². The SMILES string of the molecule is O=C(CNS)OC(c1ccccc1)(c1ccccc1)c1ccccc1. The van der Waals surface area contributed by atoms with Crippen LogP contribution >= 0.6 is 12.8 Å². The molecule has 0 saturated carbocycles. The van der Waals surface area contributed by atoms with E-state index in [1.807, 2.05) is 91.0 Å². The molecule has 0 fully saturated rings. The minimum absolute atomic E-state index is 0.0113. The number of carbonyl (C=O) groups is 1. The van der Waals surface area contributed by atoms with Crippen LogP contribution in [0.25, 0.3) is 0 Å². The molecule has 0 aliphatic rings. The summed E-state index contributed by atoms with van der Waals surface area (Å²) < 4.78 is 8.65. The van der Waals surface area contributed by atoms with Gasteiger partial charge in [0, 0.05) is 16.7 Å². The Hall–Kier alpha value is -2.56. The van der Waals surface area contributed by atoms with Crippen molar-refractivity contribution in [2.45, 2.75) is 5.60 Å². The Morgan fingerprint density at radius 2 is 1.12 bits per heavy atom. The van der Waals surface area contributed by atoms with Crippen LogP contribution in [-0.2, 0) is 15.1 Å². The smallest absolute Gasteiger partial charge is 0.322 e. The number of thiol groups is 1. The standard InChI is InChI=1S/C21H19NO2S/c23-20(16-22-25)24-21(17-10-4-1-5-11-17,18-12-6-2-7-13-18)19-14-8-3-9-15-19/h1-15,22,25H,16H2. The average molecular weight is 349 g/mol. The molecule has 0 aliphatic heterocycles. The summed E-state index contributed by atoms with van der Waals surface area (Å²) in [5.74, 6) is -0.383. The highest BCUT2D eigenvalue weighted by Gasteiger charge is 2.40. The second-order valence-electron chi connectivity index (χ2n) is 5.59. The number of ether oxygens (including phenoxy) is 1. The van der Waals surface area contributed by atoms with Crippen LogP contribution < -0.4 is 4.72 Å². The fourth-order valence-corrected chi connectivity index (χ4v) is 3.10. The molecule has 1 N–H and O–H groups in total. The van der Waals surface area contributed by atoms with Crippen molar-refractivity contribution in [2.24, 2.45) is 0 Å². The third-order valence-corrected chi connectivity index (χ3v) is 4.19. The van der Waals surface area contributed by atoms with Gasteiger partial charge in [0.25, 0.3) is 0 Å². The van der Waals surface area contributed by atoms with E-state index in [1.165, 1.54) is 0 Å². The molecule has 3 rings (SSSR count). The monoisotopic (exact) mass is 349 g/mol. The van der Waals surface area contributed by atoms with E-state index in [2.05, 4.69) is 17.5 Å². The zero-order valence-electron chi connectivity index (χ0n) is 13.6. The molecule has 0 aliphatic carbocycles. The van der Waals surface area contributed by atoms with Crippen LogP contribution in [0.4, 0.5) is 0 Å². The second-order valence-corrected chi connectivity index (χ2v) is 5.90. The Morgan fingerprint density at radius 3 is 1.44 bits per heavy atom. The second kappa shape index (κ2) is 8.01. The molecule has 0 aromatic heterocycles. The highest BCUT2D eigenvalue weighted by atomic mass is 32.1. The van der Waals surface area contributed by atoms with E-state index in [4.69, 9.17) is 4.74 Å². The van der Waals surface area contributed by atoms with Crippen LogP contribution in [0.2, 0.25) is 0 Å². The molecule has 3 aromatic rings. The van der Waals surface area contributed by atoms with Crippen molar-refractivity contribution >= 4 is 18.8 Å². The number of nitrogens with one attached hydrogen (secondary N) is 1. The summed E-state index contributed by atoms with van der Waals surface area (Å²) in [6.07, 6.45) is 0. The van der Waals surface area contributed by atoms with E-state index in [1.54, 1.807) is 0 Å². The van der Waals surface area contributed by atoms with Crippen LogP contribution in [0.15, 0.2) is 91.0 Å². The molecule has 3 aromatic carbocycles. The molecule has 0 radical (unpaired) electrons. The lowest BCUT2D eigenvalue weighted by Crippen LogP contribution is -2.37. The quantitative estimate of drug-likeness (QED) is 0.402. The molecule has 0 amide bonds. The lowest BCUT2D eigenvalue weighted by molar-refractivity contribution is -0.151. The van der Waals surface area contributed by atoms with E-state index in [0.717, 1.165) is 16.7 Å². The predicted octanol–water partition coefficient (Wildman–Crippen LogP) is 3.96. The molecule has 0 unspecified atom stereocenters. The van der Waals surface area contributed by atoms with Crippen molar-refractivity contribution in [2.75, 3.05) is 6.54 Å². The summed E-state index contributed by atoms with van der Waals surface area (Å²) in [5.41, 5.74) is 1.64. The molecular formula is C21H19NO2S. The van der Waals surface area contributed by atoms with Crippen LogP contribution in [0.1, 0.15) is 16.7 Å². The summed E-state index contributed by atoms with van der Waals surface area (Å²) in [5, 5.41) is 0. The Morgan fingerprint density at radius 1 is 0.760 bits per heavy atom. The first kappa shape index (κ1) is 17.3. The predicted molar refractivity (Wildman–Crippen MR) is 102 cm³/mol. The molecular weight excluding hydrogens is 330 g/mol. The number of esters is 1. The lowest BCUT2D eigenvalue weighted by Gasteiger charge is -2.35. The molecule has 0 spiro atoms. The Kier molecular flexibility index (Phi) is 5.53. The van der Waals surface area contributed by atoms with E-state index in [-0.39, 0.29) is 12.5 Å². The zero-order chi connectivity index (χ0) is 17.5. The molecule has 25 heavy (non-hydrogen) atoms. The average Bonchev–Trinajstić information content (AvgIpc) is 2.68. The largest absolute Gasteiger partial charge is 0.443 e. The third-order valence-electron chi connectivity index (χ3n) is 4.03. The maximum atomic E-state index is 12.4. The summed E-state index contributed by atoms with van der Waals surface area (Å²) in [6, 6.07) is 29.3. The number of hydrogen-bond donors (Lipinski definition) is 2. The van der Waals surface area contributed by atoms with Gasteiger partial charge in [-0.25, -0.2) is 0 Å². The topological polar surface area (TPSA) is 38.3 Å². The van der Waals surface area contributed by atoms with Gasteiger partial charge < -0.3 is 4.74 Å². The van der Waals surface area contributed by atoms with Crippen LogP contribution in [0.3, 0.4) is 0 Å². The van der Waals surface area contributed by atoms with Crippen LogP contribution in [0.5, 0.6) is 0 Å². The van der Waals surface area contributed by atoms with Crippen LogP contribution in [0, 0.1) is 0 Å². The van der Waals surface area contributed by atoms with Gasteiger partial charge in [0.15, 0.2) is 5.60 Å². The molecule has 0 bridgehead atoms. The normalized spacial score (nSPS) is 11.1. The van der Waals surface area contributed by atoms with Gasteiger partial charge in [-0.05, 0) is 0 Å². The van der Waals surface area contributed by atoms with Gasteiger partial charge >= 0.3 is 5.97 Å². The highest BCUT2D eigenvalue weighted by molar-refractivity contribution is 7.78. The van der Waals surface area contributed by atoms with E-state index < -0.39 is 5.60 Å². The molecule has 126 valence electrons. The third kappa shape index (κ3) is 3.60. The molecule has 0 saturated heterocycles. The van der Waals surface area contributed by atoms with Crippen LogP contribution in [-0.4, -0.2) is 12.5 Å². The van der Waals surface area contributed by atoms with Crippen molar-refractivity contribution in [1.29, 1.82) is 0 Å². The minimum Gasteiger partial charge on any atom is -0.443 e. The van der Waals surface area contributed by atoms with Gasteiger partial charge in [0.05, 0.1) is 0 Å². The summed E-state index contributed by atoms with van der Waals surface area (Å²) in [6.45, 7) is 0.0113. The van der Waals surface area contributed by atoms with E-state index in [9.17, 15) is 4.79 Å². The van der Waals surface area contributed by atoms with Gasteiger partial charge in [0.2, 0.25) is 0 Å². The molecule has 0 heterocycles. The molecule has 0 atom stereocenters. The fourth-order valence-electron chi connectivity index (χ4n) is 2.97. The lowest BCUT2D eigenvalue weighted by atomic mass is 9.80. The first-order chi connectivity index (χ1) is 12.3.